The summed E-state index contributed by atoms with van der Waals surface area (Å²) in [6.07, 6.45) is 0.0134. The summed E-state index contributed by atoms with van der Waals surface area (Å²) < 4.78 is 0. The Morgan fingerprint density at radius 3 is 2.22 bits per heavy atom. The summed E-state index contributed by atoms with van der Waals surface area (Å²) in [5.41, 5.74) is 10.9. The van der Waals surface area contributed by atoms with Gasteiger partial charge < -0.3 is 37.2 Å². The van der Waals surface area contributed by atoms with Crippen molar-refractivity contribution in [3.8, 4) is 0 Å². The van der Waals surface area contributed by atoms with E-state index in [1.54, 1.807) is 0 Å². The highest BCUT2D eigenvalue weighted by Gasteiger charge is 2.37. The van der Waals surface area contributed by atoms with Gasteiger partial charge in [0.05, 0.1) is 6.04 Å². The van der Waals surface area contributed by atoms with Crippen molar-refractivity contribution in [2.24, 2.45) is 11.5 Å². The van der Waals surface area contributed by atoms with Crippen LogP contribution in [-0.2, 0) is 28.8 Å². The van der Waals surface area contributed by atoms with Crippen molar-refractivity contribution in [2.75, 3.05) is 12.3 Å². The van der Waals surface area contributed by atoms with Crippen LogP contribution in [0.15, 0.2) is 0 Å². The van der Waals surface area contributed by atoms with E-state index in [2.05, 4.69) is 23.3 Å². The van der Waals surface area contributed by atoms with Crippen molar-refractivity contribution in [3.05, 3.63) is 0 Å². The Morgan fingerprint density at radius 2 is 1.69 bits per heavy atom. The second-order valence-electron chi connectivity index (χ2n) is 7.38. The zero-order valence-corrected chi connectivity index (χ0v) is 18.3. The molecular formula is C18H29N5O8S. The van der Waals surface area contributed by atoms with Crippen LogP contribution in [0.4, 0.5) is 0 Å². The van der Waals surface area contributed by atoms with Crippen LogP contribution < -0.4 is 22.1 Å². The van der Waals surface area contributed by atoms with E-state index < -0.39 is 66.2 Å². The van der Waals surface area contributed by atoms with Gasteiger partial charge in [-0.15, -0.1) is 0 Å². The van der Waals surface area contributed by atoms with Gasteiger partial charge in [0.25, 0.3) is 0 Å². The highest BCUT2D eigenvalue weighted by molar-refractivity contribution is 7.80. The van der Waals surface area contributed by atoms with Gasteiger partial charge in [-0.05, 0) is 25.7 Å². The van der Waals surface area contributed by atoms with Crippen molar-refractivity contribution >= 4 is 48.2 Å². The second kappa shape index (κ2) is 12.9. The number of carboxylic acids is 2. The lowest BCUT2D eigenvalue weighted by molar-refractivity contribution is -0.144. The van der Waals surface area contributed by atoms with Gasteiger partial charge in [0.2, 0.25) is 23.6 Å². The van der Waals surface area contributed by atoms with Gasteiger partial charge in [-0.1, -0.05) is 0 Å². The molecule has 4 amide bonds. The van der Waals surface area contributed by atoms with Crippen LogP contribution in [0.2, 0.25) is 0 Å². The molecule has 0 radical (unpaired) electrons. The van der Waals surface area contributed by atoms with Crippen LogP contribution >= 0.6 is 12.6 Å². The fourth-order valence-electron chi connectivity index (χ4n) is 3.20. The van der Waals surface area contributed by atoms with E-state index in [9.17, 15) is 33.9 Å². The number of aliphatic carboxylic acids is 2. The van der Waals surface area contributed by atoms with Crippen molar-refractivity contribution in [3.63, 3.8) is 0 Å². The summed E-state index contributed by atoms with van der Waals surface area (Å²) in [5, 5.41) is 22.5. The first-order chi connectivity index (χ1) is 15.0. The molecule has 1 aliphatic heterocycles. The number of primary amides is 1. The Kier molecular flexibility index (Phi) is 10.9. The predicted molar refractivity (Wildman–Crippen MR) is 113 cm³/mol. The summed E-state index contributed by atoms with van der Waals surface area (Å²) in [5.74, 6) is -5.40. The molecular weight excluding hydrogens is 446 g/mol. The fourth-order valence-corrected chi connectivity index (χ4v) is 3.45. The average molecular weight is 476 g/mol. The zero-order valence-electron chi connectivity index (χ0n) is 17.4. The largest absolute Gasteiger partial charge is 0.481 e. The lowest BCUT2D eigenvalue weighted by Gasteiger charge is -2.28. The molecule has 4 unspecified atom stereocenters. The molecule has 1 heterocycles. The molecule has 13 nitrogen and oxygen atoms in total. The highest BCUT2D eigenvalue weighted by Crippen LogP contribution is 2.19. The van der Waals surface area contributed by atoms with Gasteiger partial charge >= 0.3 is 11.9 Å². The number of rotatable bonds is 13. The molecule has 1 rings (SSSR count). The number of carbonyl (C=O) groups is 6. The highest BCUT2D eigenvalue weighted by atomic mass is 32.1. The van der Waals surface area contributed by atoms with E-state index in [1.165, 1.54) is 4.90 Å². The summed E-state index contributed by atoms with van der Waals surface area (Å²) >= 11 is 4.01. The van der Waals surface area contributed by atoms with Gasteiger partial charge in [-0.25, -0.2) is 4.79 Å². The van der Waals surface area contributed by atoms with E-state index in [0.29, 0.717) is 12.8 Å². The maximum atomic E-state index is 12.7. The summed E-state index contributed by atoms with van der Waals surface area (Å²) in [6, 6.07) is -4.56. The van der Waals surface area contributed by atoms with E-state index in [1.807, 2.05) is 0 Å². The third-order valence-corrected chi connectivity index (χ3v) is 5.30. The number of nitrogens with zero attached hydrogens (tertiary/aromatic N) is 1. The first kappa shape index (κ1) is 27.2. The topological polar surface area (TPSA) is 222 Å². The quantitative estimate of drug-likeness (QED) is 0.139. The third kappa shape index (κ3) is 8.34. The van der Waals surface area contributed by atoms with Crippen molar-refractivity contribution in [1.82, 2.24) is 15.5 Å². The molecule has 4 atom stereocenters. The Balaban J connectivity index is 2.76. The molecule has 0 spiro atoms. The SMILES string of the molecule is NC(=O)CCC(N)C(=O)N1CCCC1C(=O)NC(CS)C(=O)NC(CCC(=O)O)C(=O)O. The van der Waals surface area contributed by atoms with Gasteiger partial charge in [0.1, 0.15) is 18.1 Å². The number of thiol groups is 1. The molecule has 0 aromatic rings. The number of hydrogen-bond donors (Lipinski definition) is 7. The van der Waals surface area contributed by atoms with Gasteiger partial charge in [0.15, 0.2) is 0 Å². The smallest absolute Gasteiger partial charge is 0.326 e. The first-order valence-electron chi connectivity index (χ1n) is 9.98. The van der Waals surface area contributed by atoms with E-state index in [-0.39, 0.29) is 31.6 Å². The number of likely N-dealkylation sites (tertiary alicyclic amines) is 1. The maximum Gasteiger partial charge on any atom is 0.326 e. The lowest BCUT2D eigenvalue weighted by atomic mass is 10.1. The number of nitrogens with two attached hydrogens (primary N) is 2. The van der Waals surface area contributed by atoms with Gasteiger partial charge in [-0.2, -0.15) is 12.6 Å². The lowest BCUT2D eigenvalue weighted by Crippen LogP contribution is -2.57. The Labute approximate surface area is 189 Å². The van der Waals surface area contributed by atoms with Crippen LogP contribution in [-0.4, -0.2) is 87.1 Å². The minimum atomic E-state index is -1.45. The van der Waals surface area contributed by atoms with E-state index >= 15 is 0 Å². The number of hydrogen-bond acceptors (Lipinski definition) is 8. The van der Waals surface area contributed by atoms with Crippen LogP contribution in [0.5, 0.6) is 0 Å². The standard InChI is InChI=1S/C18H29N5O8S/c19-9(3-5-13(20)24)17(29)23-7-1-2-12(23)16(28)22-11(8-32)15(27)21-10(18(30)31)4-6-14(25)26/h9-12,32H,1-8,19H2,(H2,20,24)(H,21,27)(H,22,28)(H,25,26)(H,30,31). The Bertz CT molecular complexity index is 749. The average Bonchev–Trinajstić information content (AvgIpc) is 3.21. The maximum absolute atomic E-state index is 12.7. The Hall–Kier alpha value is -2.87. The minimum Gasteiger partial charge on any atom is -0.481 e. The van der Waals surface area contributed by atoms with Crippen molar-refractivity contribution in [1.29, 1.82) is 0 Å². The molecule has 0 aromatic heterocycles. The molecule has 180 valence electrons. The number of carbonyl (C=O) groups excluding carboxylic acids is 4. The minimum absolute atomic E-state index is 0.0353. The van der Waals surface area contributed by atoms with Crippen LogP contribution in [0.3, 0.4) is 0 Å². The van der Waals surface area contributed by atoms with E-state index in [4.69, 9.17) is 16.6 Å². The van der Waals surface area contributed by atoms with Crippen molar-refractivity contribution < 1.29 is 39.0 Å². The third-order valence-electron chi connectivity index (χ3n) is 4.93. The predicted octanol–water partition coefficient (Wildman–Crippen LogP) is -2.58. The van der Waals surface area contributed by atoms with Gasteiger partial charge in [-0.3, -0.25) is 24.0 Å². The molecule has 1 aliphatic rings. The van der Waals surface area contributed by atoms with Crippen LogP contribution in [0, 0.1) is 0 Å². The van der Waals surface area contributed by atoms with Crippen LogP contribution in [0.25, 0.3) is 0 Å². The van der Waals surface area contributed by atoms with Crippen LogP contribution in [0.1, 0.15) is 38.5 Å². The van der Waals surface area contributed by atoms with Crippen molar-refractivity contribution in [2.45, 2.75) is 62.7 Å². The summed E-state index contributed by atoms with van der Waals surface area (Å²) in [6.45, 7) is 0.273. The summed E-state index contributed by atoms with van der Waals surface area (Å²) in [4.78, 5) is 71.8. The molecule has 0 aromatic carbocycles. The monoisotopic (exact) mass is 475 g/mol. The first-order valence-corrected chi connectivity index (χ1v) is 10.6. The number of nitrogens with one attached hydrogen (secondary N) is 2. The van der Waals surface area contributed by atoms with Gasteiger partial charge in [0, 0.05) is 25.1 Å². The molecule has 14 heteroatoms. The molecule has 0 saturated carbocycles. The van der Waals surface area contributed by atoms with E-state index in [0.717, 1.165) is 0 Å². The zero-order chi connectivity index (χ0) is 24.4. The Morgan fingerprint density at radius 1 is 1.03 bits per heavy atom. The second-order valence-corrected chi connectivity index (χ2v) is 7.74. The molecule has 1 saturated heterocycles. The molecule has 32 heavy (non-hydrogen) atoms. The molecule has 0 aliphatic carbocycles. The number of amides is 4. The summed E-state index contributed by atoms with van der Waals surface area (Å²) in [7, 11) is 0. The normalized spacial score (nSPS) is 18.3. The fraction of sp³-hybridized carbons (Fsp3) is 0.667. The molecule has 1 fully saturated rings. The number of carboxylic acid groups (broad SMARTS) is 2. The molecule has 0 bridgehead atoms. The molecule has 8 N–H and O–H groups in total.